The molecule has 1 N–H and O–H groups in total. The predicted molar refractivity (Wildman–Crippen MR) is 97.9 cm³/mol. The number of benzene rings is 2. The summed E-state index contributed by atoms with van der Waals surface area (Å²) in [6, 6.07) is 16.9. The third kappa shape index (κ3) is 4.21. The number of para-hydroxylation sites is 2. The number of ether oxygens (including phenoxy) is 1. The highest BCUT2D eigenvalue weighted by Crippen LogP contribution is 2.31. The lowest BCUT2D eigenvalue weighted by atomic mass is 10.2. The van der Waals surface area contributed by atoms with Gasteiger partial charge in [-0.3, -0.25) is 9.59 Å². The quantitative estimate of drug-likeness (QED) is 0.823. The van der Waals surface area contributed by atoms with Gasteiger partial charge in [0.2, 0.25) is 5.91 Å². The maximum Gasteiger partial charge on any atom is 0.265 e. The molecule has 6 nitrogen and oxygen atoms in total. The lowest BCUT2D eigenvalue weighted by molar-refractivity contribution is -0.132. The van der Waals surface area contributed by atoms with Crippen molar-refractivity contribution in [1.29, 1.82) is 0 Å². The molecule has 0 aromatic heterocycles. The van der Waals surface area contributed by atoms with Crippen molar-refractivity contribution in [3.63, 3.8) is 0 Å². The first-order valence-corrected chi connectivity index (χ1v) is 8.64. The highest BCUT2D eigenvalue weighted by atomic mass is 16.5. The van der Waals surface area contributed by atoms with Crippen molar-refractivity contribution in [2.75, 3.05) is 31.2 Å². The molecule has 0 saturated carbocycles. The summed E-state index contributed by atoms with van der Waals surface area (Å²) >= 11 is 0. The van der Waals surface area contributed by atoms with Crippen molar-refractivity contribution in [2.45, 2.75) is 13.0 Å². The van der Waals surface area contributed by atoms with Crippen molar-refractivity contribution in [3.05, 3.63) is 60.2 Å². The maximum atomic E-state index is 12.6. The molecular formula is C20H22N2O4. The van der Waals surface area contributed by atoms with Gasteiger partial charge in [0, 0.05) is 26.1 Å². The second kappa shape index (κ2) is 8.49. The summed E-state index contributed by atoms with van der Waals surface area (Å²) in [4.78, 5) is 28.0. The number of carbonyl (C=O) groups excluding carboxylic acids is 2. The first kappa shape index (κ1) is 17.9. The van der Waals surface area contributed by atoms with Gasteiger partial charge in [-0.15, -0.1) is 0 Å². The molecule has 136 valence electrons. The molecule has 0 spiro atoms. The van der Waals surface area contributed by atoms with Gasteiger partial charge in [-0.1, -0.05) is 42.5 Å². The van der Waals surface area contributed by atoms with Crippen LogP contribution in [0.1, 0.15) is 12.0 Å². The van der Waals surface area contributed by atoms with Crippen LogP contribution < -0.4 is 9.64 Å². The van der Waals surface area contributed by atoms with Crippen LogP contribution in [0.25, 0.3) is 0 Å². The number of aliphatic hydroxyl groups is 1. The van der Waals surface area contributed by atoms with Crippen molar-refractivity contribution in [3.8, 4) is 5.75 Å². The zero-order valence-electron chi connectivity index (χ0n) is 14.5. The molecule has 0 aliphatic carbocycles. The van der Waals surface area contributed by atoms with Gasteiger partial charge in [0.05, 0.1) is 12.3 Å². The number of fused-ring (bicyclic) bond motifs is 1. The molecular weight excluding hydrogens is 332 g/mol. The van der Waals surface area contributed by atoms with E-state index in [2.05, 4.69) is 0 Å². The molecule has 6 heteroatoms. The van der Waals surface area contributed by atoms with Gasteiger partial charge in [-0.05, 0) is 17.7 Å². The van der Waals surface area contributed by atoms with Crippen molar-refractivity contribution in [2.24, 2.45) is 0 Å². The summed E-state index contributed by atoms with van der Waals surface area (Å²) in [5, 5.41) is 9.28. The number of rotatable bonds is 7. The number of hydrogen-bond acceptors (Lipinski definition) is 4. The van der Waals surface area contributed by atoms with Crippen LogP contribution in [-0.4, -0.2) is 48.1 Å². The van der Waals surface area contributed by atoms with E-state index in [1.165, 1.54) is 0 Å². The Morgan fingerprint density at radius 2 is 1.85 bits per heavy atom. The lowest BCUT2D eigenvalue weighted by Gasteiger charge is -2.30. The van der Waals surface area contributed by atoms with E-state index >= 15 is 0 Å². The third-order valence-electron chi connectivity index (χ3n) is 4.30. The Morgan fingerprint density at radius 1 is 1.12 bits per heavy atom. The Bertz CT molecular complexity index is 763. The van der Waals surface area contributed by atoms with E-state index in [9.17, 15) is 14.7 Å². The normalized spacial score (nSPS) is 13.1. The molecule has 1 aliphatic rings. The van der Waals surface area contributed by atoms with Crippen molar-refractivity contribution in [1.82, 2.24) is 4.90 Å². The molecule has 26 heavy (non-hydrogen) atoms. The number of amides is 2. The molecule has 0 unspecified atom stereocenters. The van der Waals surface area contributed by atoms with E-state index in [0.717, 1.165) is 5.56 Å². The topological polar surface area (TPSA) is 70.1 Å². The molecule has 0 bridgehead atoms. The average molecular weight is 354 g/mol. The number of anilines is 1. The fourth-order valence-corrected chi connectivity index (χ4v) is 2.98. The lowest BCUT2D eigenvalue weighted by Crippen LogP contribution is -2.42. The smallest absolute Gasteiger partial charge is 0.265 e. The second-order valence-electron chi connectivity index (χ2n) is 6.08. The Balaban J connectivity index is 1.65. The SMILES string of the molecule is O=C(CCN1C(=O)COc2ccccc21)N(CCO)Cc1ccccc1. The first-order valence-electron chi connectivity index (χ1n) is 8.64. The minimum absolute atomic E-state index is 0.0183. The van der Waals surface area contributed by atoms with Crippen molar-refractivity contribution >= 4 is 17.5 Å². The van der Waals surface area contributed by atoms with Crippen LogP contribution in [0.3, 0.4) is 0 Å². The second-order valence-corrected chi connectivity index (χ2v) is 6.08. The molecule has 0 saturated heterocycles. The maximum absolute atomic E-state index is 12.6. The van der Waals surface area contributed by atoms with Crippen LogP contribution in [0.4, 0.5) is 5.69 Å². The fraction of sp³-hybridized carbons (Fsp3) is 0.300. The number of carbonyl (C=O) groups is 2. The van der Waals surface area contributed by atoms with Crippen molar-refractivity contribution < 1.29 is 19.4 Å². The average Bonchev–Trinajstić information content (AvgIpc) is 2.67. The van der Waals surface area contributed by atoms with E-state index in [-0.39, 0.29) is 44.5 Å². The van der Waals surface area contributed by atoms with Gasteiger partial charge in [-0.2, -0.15) is 0 Å². The third-order valence-corrected chi connectivity index (χ3v) is 4.30. The predicted octanol–water partition coefficient (Wildman–Crippen LogP) is 1.82. The van der Waals surface area contributed by atoms with Crippen LogP contribution in [0, 0.1) is 0 Å². The van der Waals surface area contributed by atoms with Gasteiger partial charge in [0.1, 0.15) is 5.75 Å². The summed E-state index contributed by atoms with van der Waals surface area (Å²) in [5.41, 5.74) is 1.69. The monoisotopic (exact) mass is 354 g/mol. The van der Waals surface area contributed by atoms with E-state index in [4.69, 9.17) is 4.74 Å². The molecule has 1 aliphatic heterocycles. The number of hydrogen-bond donors (Lipinski definition) is 1. The van der Waals surface area contributed by atoms with Crippen LogP contribution in [0.2, 0.25) is 0 Å². The summed E-state index contributed by atoms with van der Waals surface area (Å²) in [6.45, 7) is 0.872. The molecule has 0 atom stereocenters. The van der Waals surface area contributed by atoms with Gasteiger partial charge >= 0.3 is 0 Å². The highest BCUT2D eigenvalue weighted by Gasteiger charge is 2.26. The van der Waals surface area contributed by atoms with Crippen LogP contribution in [0.15, 0.2) is 54.6 Å². The Morgan fingerprint density at radius 3 is 2.62 bits per heavy atom. The fourth-order valence-electron chi connectivity index (χ4n) is 2.98. The summed E-state index contributed by atoms with van der Waals surface area (Å²) in [5.74, 6) is 0.393. The van der Waals surface area contributed by atoms with E-state index in [1.807, 2.05) is 54.6 Å². The molecule has 0 fully saturated rings. The molecule has 2 aromatic rings. The zero-order chi connectivity index (χ0) is 18.4. The molecule has 0 radical (unpaired) electrons. The van der Waals surface area contributed by atoms with Crippen LogP contribution in [0.5, 0.6) is 5.75 Å². The summed E-state index contributed by atoms with van der Waals surface area (Å²) in [6.07, 6.45) is 0.187. The van der Waals surface area contributed by atoms with Gasteiger partial charge in [0.15, 0.2) is 6.61 Å². The van der Waals surface area contributed by atoms with Gasteiger partial charge in [-0.25, -0.2) is 0 Å². The van der Waals surface area contributed by atoms with E-state index in [1.54, 1.807) is 9.80 Å². The van der Waals surface area contributed by atoms with Crippen LogP contribution in [-0.2, 0) is 16.1 Å². The zero-order valence-corrected chi connectivity index (χ0v) is 14.5. The minimum atomic E-state index is -0.159. The number of aliphatic hydroxyl groups excluding tert-OH is 1. The summed E-state index contributed by atoms with van der Waals surface area (Å²) < 4.78 is 5.42. The molecule has 2 aromatic carbocycles. The first-order chi connectivity index (χ1) is 12.7. The molecule has 3 rings (SSSR count). The van der Waals surface area contributed by atoms with Gasteiger partial charge < -0.3 is 19.6 Å². The Labute approximate surface area is 152 Å². The molecule has 1 heterocycles. The van der Waals surface area contributed by atoms with Gasteiger partial charge in [0.25, 0.3) is 5.91 Å². The number of nitrogens with zero attached hydrogens (tertiary/aromatic N) is 2. The minimum Gasteiger partial charge on any atom is -0.482 e. The standard InChI is InChI=1S/C20H22N2O4/c23-13-12-21(14-16-6-2-1-3-7-16)19(24)10-11-22-17-8-4-5-9-18(17)26-15-20(22)25/h1-9,23H,10-15H2. The Kier molecular flexibility index (Phi) is 5.86. The van der Waals surface area contributed by atoms with E-state index < -0.39 is 0 Å². The largest absolute Gasteiger partial charge is 0.482 e. The molecule has 2 amide bonds. The summed E-state index contributed by atoms with van der Waals surface area (Å²) in [7, 11) is 0. The van der Waals surface area contributed by atoms with Crippen LogP contribution >= 0.6 is 0 Å². The highest BCUT2D eigenvalue weighted by molar-refractivity contribution is 5.98. The van der Waals surface area contributed by atoms with E-state index in [0.29, 0.717) is 18.0 Å². The Hall–Kier alpha value is -2.86.